The molecule has 0 bridgehead atoms. The molecule has 0 radical (unpaired) electrons. The van der Waals surface area contributed by atoms with E-state index in [1.54, 1.807) is 6.33 Å². The standard InChI is InChI=1S/C23H19ClN4O2/c24-18-4-2-1-3-15(18)13-30-17-7-5-16(6-8-17)28-23-21-19(26-14-27-23)9-10-20-22(21)29-12-11-25-20/h1-10,14,25H,11-13H2,(H,26,27,28). The highest BCUT2D eigenvalue weighted by atomic mass is 35.5. The zero-order valence-electron chi connectivity index (χ0n) is 16.1. The fourth-order valence-corrected chi connectivity index (χ4v) is 3.58. The van der Waals surface area contributed by atoms with Gasteiger partial charge in [0.15, 0.2) is 5.75 Å². The smallest absolute Gasteiger partial charge is 0.155 e. The number of ether oxygens (including phenoxy) is 2. The van der Waals surface area contributed by atoms with Crippen molar-refractivity contribution in [1.82, 2.24) is 9.97 Å². The van der Waals surface area contributed by atoms with Crippen LogP contribution in [0, 0.1) is 0 Å². The van der Waals surface area contributed by atoms with E-state index in [-0.39, 0.29) is 0 Å². The van der Waals surface area contributed by atoms with Crippen LogP contribution in [0.3, 0.4) is 0 Å². The van der Waals surface area contributed by atoms with Gasteiger partial charge in [-0.05, 0) is 42.5 Å². The lowest BCUT2D eigenvalue weighted by Crippen LogP contribution is -2.18. The lowest BCUT2D eigenvalue weighted by atomic mass is 10.1. The van der Waals surface area contributed by atoms with Crippen LogP contribution in [0.2, 0.25) is 5.02 Å². The molecular formula is C23H19ClN4O2. The number of rotatable bonds is 5. The first kappa shape index (κ1) is 18.5. The minimum absolute atomic E-state index is 0.416. The van der Waals surface area contributed by atoms with Crippen LogP contribution in [0.5, 0.6) is 11.5 Å². The number of hydrogen-bond donors (Lipinski definition) is 2. The van der Waals surface area contributed by atoms with Crippen LogP contribution in [0.15, 0.2) is 67.0 Å². The van der Waals surface area contributed by atoms with Gasteiger partial charge in [0.2, 0.25) is 0 Å². The summed E-state index contributed by atoms with van der Waals surface area (Å²) in [6.45, 7) is 1.81. The van der Waals surface area contributed by atoms with E-state index in [1.165, 1.54) is 0 Å². The molecule has 5 rings (SSSR count). The van der Waals surface area contributed by atoms with Gasteiger partial charge in [0.25, 0.3) is 0 Å². The molecule has 0 fully saturated rings. The monoisotopic (exact) mass is 418 g/mol. The molecule has 30 heavy (non-hydrogen) atoms. The van der Waals surface area contributed by atoms with Crippen molar-refractivity contribution in [2.75, 3.05) is 23.8 Å². The van der Waals surface area contributed by atoms with Crippen molar-refractivity contribution in [1.29, 1.82) is 0 Å². The van der Waals surface area contributed by atoms with Gasteiger partial charge in [-0.3, -0.25) is 0 Å². The molecule has 0 saturated carbocycles. The maximum absolute atomic E-state index is 6.19. The quantitative estimate of drug-likeness (QED) is 0.451. The third-order valence-corrected chi connectivity index (χ3v) is 5.26. The molecule has 0 amide bonds. The SMILES string of the molecule is Clc1ccccc1COc1ccc(Nc2ncnc3ccc4c(c23)OCCN4)cc1. The second kappa shape index (κ2) is 8.08. The molecule has 0 atom stereocenters. The first-order chi connectivity index (χ1) is 14.8. The van der Waals surface area contributed by atoms with Gasteiger partial charge in [-0.15, -0.1) is 0 Å². The predicted octanol–water partition coefficient (Wildman–Crippen LogP) is 5.41. The zero-order chi connectivity index (χ0) is 20.3. The minimum atomic E-state index is 0.416. The number of aromatic nitrogens is 2. The third-order valence-electron chi connectivity index (χ3n) is 4.89. The van der Waals surface area contributed by atoms with Gasteiger partial charge in [0, 0.05) is 22.8 Å². The van der Waals surface area contributed by atoms with Gasteiger partial charge in [-0.25, -0.2) is 9.97 Å². The summed E-state index contributed by atoms with van der Waals surface area (Å²) in [5.74, 6) is 2.24. The Labute approximate surface area is 178 Å². The van der Waals surface area contributed by atoms with Crippen molar-refractivity contribution in [3.8, 4) is 11.5 Å². The Kier molecular flexibility index (Phi) is 4.99. The van der Waals surface area contributed by atoms with E-state index in [9.17, 15) is 0 Å². The third kappa shape index (κ3) is 3.69. The minimum Gasteiger partial charge on any atom is -0.489 e. The summed E-state index contributed by atoms with van der Waals surface area (Å²) in [5.41, 5.74) is 3.62. The van der Waals surface area contributed by atoms with Gasteiger partial charge in [0.1, 0.15) is 31.1 Å². The Bertz CT molecular complexity index is 1200. The summed E-state index contributed by atoms with van der Waals surface area (Å²) < 4.78 is 11.8. The summed E-state index contributed by atoms with van der Waals surface area (Å²) in [4.78, 5) is 8.82. The van der Waals surface area contributed by atoms with E-state index in [0.29, 0.717) is 24.1 Å². The Morgan fingerprint density at radius 1 is 1.03 bits per heavy atom. The number of fused-ring (bicyclic) bond motifs is 3. The molecule has 2 heterocycles. The van der Waals surface area contributed by atoms with Crippen LogP contribution in [-0.4, -0.2) is 23.1 Å². The average molecular weight is 419 g/mol. The van der Waals surface area contributed by atoms with E-state index in [1.807, 2.05) is 60.7 Å². The van der Waals surface area contributed by atoms with Crippen LogP contribution in [0.25, 0.3) is 10.9 Å². The van der Waals surface area contributed by atoms with Crippen molar-refractivity contribution in [3.63, 3.8) is 0 Å². The molecule has 3 aromatic carbocycles. The first-order valence-electron chi connectivity index (χ1n) is 9.65. The van der Waals surface area contributed by atoms with Crippen LogP contribution < -0.4 is 20.1 Å². The van der Waals surface area contributed by atoms with Crippen LogP contribution >= 0.6 is 11.6 Å². The van der Waals surface area contributed by atoms with E-state index >= 15 is 0 Å². The van der Waals surface area contributed by atoms with Gasteiger partial charge in [0.05, 0.1) is 16.6 Å². The highest BCUT2D eigenvalue weighted by Gasteiger charge is 2.17. The Morgan fingerprint density at radius 3 is 2.77 bits per heavy atom. The highest BCUT2D eigenvalue weighted by molar-refractivity contribution is 6.31. The molecule has 1 aromatic heterocycles. The van der Waals surface area contributed by atoms with Crippen LogP contribution in [0.1, 0.15) is 5.56 Å². The molecule has 0 spiro atoms. The molecule has 1 aliphatic heterocycles. The summed E-state index contributed by atoms with van der Waals surface area (Å²) >= 11 is 6.19. The van der Waals surface area contributed by atoms with Crippen molar-refractivity contribution in [3.05, 3.63) is 77.6 Å². The number of anilines is 3. The predicted molar refractivity (Wildman–Crippen MR) is 119 cm³/mol. The first-order valence-corrected chi connectivity index (χ1v) is 10.0. The van der Waals surface area contributed by atoms with E-state index in [4.69, 9.17) is 21.1 Å². The maximum Gasteiger partial charge on any atom is 0.155 e. The van der Waals surface area contributed by atoms with Crippen LogP contribution in [0.4, 0.5) is 17.2 Å². The number of hydrogen-bond acceptors (Lipinski definition) is 6. The molecular weight excluding hydrogens is 400 g/mol. The van der Waals surface area contributed by atoms with Crippen molar-refractivity contribution < 1.29 is 9.47 Å². The molecule has 0 saturated heterocycles. The Balaban J connectivity index is 1.36. The average Bonchev–Trinajstić information content (AvgIpc) is 2.79. The molecule has 150 valence electrons. The lowest BCUT2D eigenvalue weighted by molar-refractivity contribution is 0.306. The summed E-state index contributed by atoms with van der Waals surface area (Å²) in [6, 6.07) is 19.3. The number of nitrogens with zero attached hydrogens (tertiary/aromatic N) is 2. The fourth-order valence-electron chi connectivity index (χ4n) is 3.39. The van der Waals surface area contributed by atoms with E-state index in [2.05, 4.69) is 20.6 Å². The van der Waals surface area contributed by atoms with Gasteiger partial charge in [-0.2, -0.15) is 0 Å². The summed E-state index contributed by atoms with van der Waals surface area (Å²) in [7, 11) is 0. The van der Waals surface area contributed by atoms with Crippen molar-refractivity contribution in [2.24, 2.45) is 0 Å². The van der Waals surface area contributed by atoms with Crippen molar-refractivity contribution >= 4 is 39.7 Å². The number of halogens is 1. The van der Waals surface area contributed by atoms with E-state index < -0.39 is 0 Å². The second-order valence-electron chi connectivity index (χ2n) is 6.86. The molecule has 1 aliphatic rings. The molecule has 7 heteroatoms. The lowest BCUT2D eigenvalue weighted by Gasteiger charge is -2.21. The summed E-state index contributed by atoms with van der Waals surface area (Å²) in [6.07, 6.45) is 1.55. The van der Waals surface area contributed by atoms with Gasteiger partial charge in [-0.1, -0.05) is 29.8 Å². The second-order valence-corrected chi connectivity index (χ2v) is 7.27. The largest absolute Gasteiger partial charge is 0.489 e. The Morgan fingerprint density at radius 2 is 1.90 bits per heavy atom. The Hall–Kier alpha value is -3.51. The highest BCUT2D eigenvalue weighted by Crippen LogP contribution is 2.39. The number of nitrogens with one attached hydrogen (secondary N) is 2. The zero-order valence-corrected chi connectivity index (χ0v) is 16.8. The van der Waals surface area contributed by atoms with Crippen LogP contribution in [-0.2, 0) is 6.61 Å². The van der Waals surface area contributed by atoms with E-state index in [0.717, 1.165) is 45.9 Å². The molecule has 0 aliphatic carbocycles. The normalized spacial score (nSPS) is 12.6. The van der Waals surface area contributed by atoms with Gasteiger partial charge < -0.3 is 20.1 Å². The maximum atomic E-state index is 6.19. The topological polar surface area (TPSA) is 68.3 Å². The number of benzene rings is 3. The molecule has 6 nitrogen and oxygen atoms in total. The molecule has 4 aromatic rings. The summed E-state index contributed by atoms with van der Waals surface area (Å²) in [5, 5.41) is 8.28. The molecule has 2 N–H and O–H groups in total. The molecule has 0 unspecified atom stereocenters. The fraction of sp³-hybridized carbons (Fsp3) is 0.130. The van der Waals surface area contributed by atoms with Gasteiger partial charge >= 0.3 is 0 Å². The van der Waals surface area contributed by atoms with Crippen molar-refractivity contribution in [2.45, 2.75) is 6.61 Å².